The lowest BCUT2D eigenvalue weighted by atomic mass is 10.0. The number of halogens is 1. The first-order valence-corrected chi connectivity index (χ1v) is 8.97. The van der Waals surface area contributed by atoms with Gasteiger partial charge in [0, 0.05) is 18.7 Å². The largest absolute Gasteiger partial charge is 0.548 e. The maximum atomic E-state index is 13.1. The minimum Gasteiger partial charge on any atom is -0.548 e. The smallest absolute Gasteiger partial charge is 0.243 e. The normalized spacial score (nSPS) is 18.7. The summed E-state index contributed by atoms with van der Waals surface area (Å²) in [7, 11) is 0. The highest BCUT2D eigenvalue weighted by molar-refractivity contribution is 6.01. The minimum absolute atomic E-state index is 0.0366. The first kappa shape index (κ1) is 21.3. The Hall–Kier alpha value is -2.97. The van der Waals surface area contributed by atoms with Crippen LogP contribution in [0, 0.1) is 17.7 Å². The molecule has 2 rings (SSSR count). The quantitative estimate of drug-likeness (QED) is 0.653. The van der Waals surface area contributed by atoms with E-state index in [4.69, 9.17) is 0 Å². The zero-order valence-electron chi connectivity index (χ0n) is 15.9. The van der Waals surface area contributed by atoms with Crippen LogP contribution in [0.5, 0.6) is 0 Å². The molecule has 1 aromatic carbocycles. The average molecular weight is 392 g/mol. The summed E-state index contributed by atoms with van der Waals surface area (Å²) in [6, 6.07) is 3.22. The molecule has 1 heterocycles. The average Bonchev–Trinajstić information content (AvgIpc) is 3.01. The zero-order valence-corrected chi connectivity index (χ0v) is 15.9. The van der Waals surface area contributed by atoms with E-state index in [0.29, 0.717) is 5.69 Å². The van der Waals surface area contributed by atoms with Crippen molar-refractivity contribution in [3.8, 4) is 0 Å². The minimum atomic E-state index is -1.43. The third-order valence-electron chi connectivity index (χ3n) is 4.59. The Morgan fingerprint density at radius 3 is 2.29 bits per heavy atom. The van der Waals surface area contributed by atoms with Crippen molar-refractivity contribution < 1.29 is 28.7 Å². The van der Waals surface area contributed by atoms with Crippen LogP contribution in [0.3, 0.4) is 0 Å². The second kappa shape index (κ2) is 8.81. The molecule has 0 saturated carbocycles. The van der Waals surface area contributed by atoms with Gasteiger partial charge in [0.1, 0.15) is 11.9 Å². The second-order valence-electron chi connectivity index (χ2n) is 7.16. The zero-order chi connectivity index (χ0) is 21.0. The third-order valence-corrected chi connectivity index (χ3v) is 4.59. The Morgan fingerprint density at radius 2 is 1.75 bits per heavy atom. The lowest BCUT2D eigenvalue weighted by molar-refractivity contribution is -0.307. The van der Waals surface area contributed by atoms with Gasteiger partial charge in [0.15, 0.2) is 0 Å². The molecule has 3 amide bonds. The second-order valence-corrected chi connectivity index (χ2v) is 7.16. The number of carboxylic acid groups (broad SMARTS) is 1. The molecule has 1 aliphatic rings. The van der Waals surface area contributed by atoms with E-state index in [0.717, 1.165) is 0 Å². The van der Waals surface area contributed by atoms with Gasteiger partial charge in [-0.2, -0.15) is 0 Å². The summed E-state index contributed by atoms with van der Waals surface area (Å²) in [4.78, 5) is 49.4. The van der Waals surface area contributed by atoms with Gasteiger partial charge in [-0.05, 0) is 37.1 Å². The SMILES string of the molecule is CC(C)[C@H](NC(=O)[C@@H]1CC(=O)N(c2ccc(F)cc2)C1)C(=O)N[C@@H](C)C(=O)[O-]. The molecule has 152 valence electrons. The molecule has 3 atom stereocenters. The summed E-state index contributed by atoms with van der Waals surface area (Å²) in [6.07, 6.45) is -0.0366. The van der Waals surface area contributed by atoms with Crippen molar-refractivity contribution in [2.45, 2.75) is 39.3 Å². The first-order valence-electron chi connectivity index (χ1n) is 8.97. The predicted octanol–water partition coefficient (Wildman–Crippen LogP) is -0.426. The van der Waals surface area contributed by atoms with Gasteiger partial charge in [0.05, 0.1) is 17.9 Å². The summed E-state index contributed by atoms with van der Waals surface area (Å²) in [5.41, 5.74) is 0.489. The highest BCUT2D eigenvalue weighted by atomic mass is 19.1. The van der Waals surface area contributed by atoms with Crippen LogP contribution in [0.1, 0.15) is 27.2 Å². The van der Waals surface area contributed by atoms with Gasteiger partial charge in [-0.1, -0.05) is 13.8 Å². The van der Waals surface area contributed by atoms with Gasteiger partial charge in [0.2, 0.25) is 17.7 Å². The van der Waals surface area contributed by atoms with Gasteiger partial charge in [-0.3, -0.25) is 14.4 Å². The van der Waals surface area contributed by atoms with Crippen LogP contribution < -0.4 is 20.6 Å². The van der Waals surface area contributed by atoms with Gasteiger partial charge < -0.3 is 25.4 Å². The van der Waals surface area contributed by atoms with Crippen molar-refractivity contribution in [3.05, 3.63) is 30.1 Å². The van der Waals surface area contributed by atoms with Crippen molar-refractivity contribution in [3.63, 3.8) is 0 Å². The standard InChI is InChI=1S/C19H24FN3O5/c1-10(2)16(18(26)21-11(3)19(27)28)22-17(25)12-8-15(24)23(9-12)14-6-4-13(20)5-7-14/h4-7,10-12,16H,8-9H2,1-3H3,(H,21,26)(H,22,25)(H,27,28)/p-1/t11-,12+,16-/m0/s1. The van der Waals surface area contributed by atoms with Crippen LogP contribution in [0.25, 0.3) is 0 Å². The van der Waals surface area contributed by atoms with Crippen LogP contribution in [0.2, 0.25) is 0 Å². The third kappa shape index (κ3) is 5.05. The Bertz CT molecular complexity index is 765. The fraction of sp³-hybridized carbons (Fsp3) is 0.474. The fourth-order valence-electron chi connectivity index (χ4n) is 2.92. The first-order chi connectivity index (χ1) is 13.1. The van der Waals surface area contributed by atoms with Crippen molar-refractivity contribution in [1.29, 1.82) is 0 Å². The molecular weight excluding hydrogens is 369 g/mol. The van der Waals surface area contributed by atoms with Crippen LogP contribution in [-0.2, 0) is 19.2 Å². The number of nitrogens with zero attached hydrogens (tertiary/aromatic N) is 1. The van der Waals surface area contributed by atoms with Gasteiger partial charge in [0.25, 0.3) is 0 Å². The molecule has 0 aliphatic carbocycles. The summed E-state index contributed by atoms with van der Waals surface area (Å²) in [6.45, 7) is 4.79. The van der Waals surface area contributed by atoms with Crippen molar-refractivity contribution in [2.75, 3.05) is 11.4 Å². The summed E-state index contributed by atoms with van der Waals surface area (Å²) < 4.78 is 13.1. The maximum absolute atomic E-state index is 13.1. The molecule has 1 fully saturated rings. The molecule has 0 radical (unpaired) electrons. The molecule has 8 nitrogen and oxygen atoms in total. The number of hydrogen-bond acceptors (Lipinski definition) is 5. The van der Waals surface area contributed by atoms with Gasteiger partial charge >= 0.3 is 0 Å². The van der Waals surface area contributed by atoms with Crippen molar-refractivity contribution >= 4 is 29.4 Å². The Balaban J connectivity index is 2.03. The number of hydrogen-bond donors (Lipinski definition) is 2. The number of benzene rings is 1. The van der Waals surface area contributed by atoms with E-state index in [1.165, 1.54) is 36.1 Å². The summed E-state index contributed by atoms with van der Waals surface area (Å²) >= 11 is 0. The summed E-state index contributed by atoms with van der Waals surface area (Å²) in [5.74, 6) is -4.23. The number of amides is 3. The maximum Gasteiger partial charge on any atom is 0.243 e. The molecule has 2 N–H and O–H groups in total. The van der Waals surface area contributed by atoms with E-state index in [9.17, 15) is 28.7 Å². The Labute approximate surface area is 162 Å². The van der Waals surface area contributed by atoms with Crippen LogP contribution in [-0.4, -0.2) is 42.3 Å². The molecule has 0 bridgehead atoms. The number of carboxylic acids is 1. The van der Waals surface area contributed by atoms with Crippen molar-refractivity contribution in [2.24, 2.45) is 11.8 Å². The monoisotopic (exact) mass is 392 g/mol. The summed E-state index contributed by atoms with van der Waals surface area (Å²) in [5, 5.41) is 15.7. The number of nitrogens with one attached hydrogen (secondary N) is 2. The molecule has 0 spiro atoms. The number of anilines is 1. The van der Waals surface area contributed by atoms with E-state index in [1.54, 1.807) is 13.8 Å². The molecule has 0 unspecified atom stereocenters. The lowest BCUT2D eigenvalue weighted by Crippen LogP contribution is -2.55. The highest BCUT2D eigenvalue weighted by Gasteiger charge is 2.37. The Morgan fingerprint density at radius 1 is 1.14 bits per heavy atom. The molecule has 1 saturated heterocycles. The molecular formula is C19H23FN3O5-. The number of rotatable bonds is 7. The van der Waals surface area contributed by atoms with Crippen molar-refractivity contribution in [1.82, 2.24) is 10.6 Å². The Kier molecular flexibility index (Phi) is 6.71. The van der Waals surface area contributed by atoms with Crippen LogP contribution >= 0.6 is 0 Å². The molecule has 0 aromatic heterocycles. The van der Waals surface area contributed by atoms with Gasteiger partial charge in [-0.15, -0.1) is 0 Å². The van der Waals surface area contributed by atoms with E-state index in [2.05, 4.69) is 10.6 Å². The van der Waals surface area contributed by atoms with E-state index < -0.39 is 41.6 Å². The van der Waals surface area contributed by atoms with E-state index >= 15 is 0 Å². The predicted molar refractivity (Wildman–Crippen MR) is 96.2 cm³/mol. The molecule has 1 aromatic rings. The molecule has 28 heavy (non-hydrogen) atoms. The van der Waals surface area contributed by atoms with Crippen LogP contribution in [0.4, 0.5) is 10.1 Å². The lowest BCUT2D eigenvalue weighted by Gasteiger charge is -2.25. The van der Waals surface area contributed by atoms with E-state index in [-0.39, 0.29) is 24.8 Å². The topological polar surface area (TPSA) is 119 Å². The number of carbonyl (C=O) groups excluding carboxylic acids is 4. The molecule has 1 aliphatic heterocycles. The molecule has 9 heteroatoms. The van der Waals surface area contributed by atoms with E-state index in [1.807, 2.05) is 0 Å². The van der Waals surface area contributed by atoms with Gasteiger partial charge in [-0.25, -0.2) is 4.39 Å². The highest BCUT2D eigenvalue weighted by Crippen LogP contribution is 2.25. The van der Waals surface area contributed by atoms with Crippen LogP contribution in [0.15, 0.2) is 24.3 Å². The number of aliphatic carboxylic acids is 1. The number of carbonyl (C=O) groups is 4. The fourth-order valence-corrected chi connectivity index (χ4v) is 2.92.